The number of rotatable bonds is 5. The van der Waals surface area contributed by atoms with Gasteiger partial charge in [-0.3, -0.25) is 4.79 Å². The van der Waals surface area contributed by atoms with Crippen LogP contribution in [0.15, 0.2) is 28.8 Å². The van der Waals surface area contributed by atoms with E-state index in [0.29, 0.717) is 42.4 Å². The first-order chi connectivity index (χ1) is 12.0. The summed E-state index contributed by atoms with van der Waals surface area (Å²) in [7, 11) is 0. The Hall–Kier alpha value is -2.17. The Morgan fingerprint density at radius 1 is 1.24 bits per heavy atom. The summed E-state index contributed by atoms with van der Waals surface area (Å²) in [5.74, 6) is 2.36. The molecular weight excluding hydrogens is 314 g/mol. The van der Waals surface area contributed by atoms with Crippen molar-refractivity contribution in [3.8, 4) is 11.4 Å². The number of hydrogen-bond acceptors (Lipinski definition) is 4. The SMILES string of the molecule is Cc1ccc(-c2noc(CCC(=O)N[C@@H]3CCC[C@@H](C)[C@H]3C)n2)cc1. The third-order valence-corrected chi connectivity index (χ3v) is 5.40. The molecule has 5 heteroatoms. The first-order valence-corrected chi connectivity index (χ1v) is 9.22. The van der Waals surface area contributed by atoms with Gasteiger partial charge in [0.1, 0.15) is 0 Å². The first-order valence-electron chi connectivity index (χ1n) is 9.22. The van der Waals surface area contributed by atoms with Crippen LogP contribution in [0.5, 0.6) is 0 Å². The predicted molar refractivity (Wildman–Crippen MR) is 96.9 cm³/mol. The minimum atomic E-state index is 0.0704. The van der Waals surface area contributed by atoms with Gasteiger partial charge in [-0.15, -0.1) is 0 Å². The number of carbonyl (C=O) groups is 1. The van der Waals surface area contributed by atoms with Crippen LogP contribution < -0.4 is 5.32 Å². The number of aryl methyl sites for hydroxylation is 2. The Morgan fingerprint density at radius 3 is 2.76 bits per heavy atom. The highest BCUT2D eigenvalue weighted by molar-refractivity contribution is 5.76. The van der Waals surface area contributed by atoms with Crippen LogP contribution in [0.2, 0.25) is 0 Å². The summed E-state index contributed by atoms with van der Waals surface area (Å²) in [5, 5.41) is 7.20. The molecule has 2 aromatic rings. The molecule has 134 valence electrons. The summed E-state index contributed by atoms with van der Waals surface area (Å²) >= 11 is 0. The maximum atomic E-state index is 12.3. The molecule has 1 N–H and O–H groups in total. The van der Waals surface area contributed by atoms with E-state index in [1.165, 1.54) is 18.4 Å². The Morgan fingerprint density at radius 2 is 2.00 bits per heavy atom. The van der Waals surface area contributed by atoms with E-state index in [1.54, 1.807) is 0 Å². The maximum Gasteiger partial charge on any atom is 0.227 e. The van der Waals surface area contributed by atoms with E-state index < -0.39 is 0 Å². The van der Waals surface area contributed by atoms with Gasteiger partial charge in [-0.1, -0.05) is 61.7 Å². The van der Waals surface area contributed by atoms with Crippen LogP contribution in [0, 0.1) is 18.8 Å². The molecule has 1 saturated carbocycles. The van der Waals surface area contributed by atoms with Gasteiger partial charge in [0.05, 0.1) is 0 Å². The van der Waals surface area contributed by atoms with Crippen molar-refractivity contribution in [2.24, 2.45) is 11.8 Å². The summed E-state index contributed by atoms with van der Waals surface area (Å²) < 4.78 is 5.29. The van der Waals surface area contributed by atoms with Crippen molar-refractivity contribution >= 4 is 5.91 Å². The molecule has 0 radical (unpaired) electrons. The molecule has 3 rings (SSSR count). The number of benzene rings is 1. The molecule has 5 nitrogen and oxygen atoms in total. The summed E-state index contributed by atoms with van der Waals surface area (Å²) in [6.45, 7) is 6.55. The minimum Gasteiger partial charge on any atom is -0.353 e. The first kappa shape index (κ1) is 17.6. The van der Waals surface area contributed by atoms with Gasteiger partial charge in [0.2, 0.25) is 17.6 Å². The number of amides is 1. The van der Waals surface area contributed by atoms with Gasteiger partial charge in [-0.2, -0.15) is 4.98 Å². The molecule has 0 aliphatic heterocycles. The number of nitrogens with zero attached hydrogens (tertiary/aromatic N) is 2. The Labute approximate surface area is 149 Å². The molecule has 0 unspecified atom stereocenters. The van der Waals surface area contributed by atoms with Crippen molar-refractivity contribution in [1.82, 2.24) is 15.5 Å². The minimum absolute atomic E-state index is 0.0704. The van der Waals surface area contributed by atoms with Gasteiger partial charge in [-0.25, -0.2) is 0 Å². The van der Waals surface area contributed by atoms with Gasteiger partial charge >= 0.3 is 0 Å². The Kier molecular flexibility index (Phi) is 5.51. The van der Waals surface area contributed by atoms with Crippen LogP contribution in [-0.2, 0) is 11.2 Å². The molecule has 0 saturated heterocycles. The van der Waals surface area contributed by atoms with E-state index in [4.69, 9.17) is 4.52 Å². The van der Waals surface area contributed by atoms with E-state index in [2.05, 4.69) is 29.3 Å². The average Bonchev–Trinajstić information content (AvgIpc) is 3.07. The summed E-state index contributed by atoms with van der Waals surface area (Å²) in [4.78, 5) is 16.6. The number of nitrogens with one attached hydrogen (secondary N) is 1. The lowest BCUT2D eigenvalue weighted by Gasteiger charge is -2.34. The van der Waals surface area contributed by atoms with Crippen molar-refractivity contribution in [3.63, 3.8) is 0 Å². The van der Waals surface area contributed by atoms with E-state index in [9.17, 15) is 4.79 Å². The molecule has 0 bridgehead atoms. The monoisotopic (exact) mass is 341 g/mol. The highest BCUT2D eigenvalue weighted by Crippen LogP contribution is 2.29. The number of carbonyl (C=O) groups excluding carboxylic acids is 1. The summed E-state index contributed by atoms with van der Waals surface area (Å²) in [6.07, 6.45) is 4.39. The van der Waals surface area contributed by atoms with E-state index in [-0.39, 0.29) is 5.91 Å². The summed E-state index contributed by atoms with van der Waals surface area (Å²) in [6, 6.07) is 8.28. The number of aromatic nitrogens is 2. The normalized spacial score (nSPS) is 23.4. The lowest BCUT2D eigenvalue weighted by molar-refractivity contribution is -0.122. The van der Waals surface area contributed by atoms with Crippen LogP contribution in [-0.4, -0.2) is 22.1 Å². The third-order valence-electron chi connectivity index (χ3n) is 5.40. The zero-order valence-electron chi connectivity index (χ0n) is 15.3. The highest BCUT2D eigenvalue weighted by atomic mass is 16.5. The molecule has 1 fully saturated rings. The molecule has 0 spiro atoms. The second kappa shape index (κ2) is 7.81. The molecule has 1 aromatic carbocycles. The zero-order valence-corrected chi connectivity index (χ0v) is 15.3. The quantitative estimate of drug-likeness (QED) is 0.895. The Balaban J connectivity index is 1.52. The molecular formula is C20H27N3O2. The van der Waals surface area contributed by atoms with E-state index >= 15 is 0 Å². The smallest absolute Gasteiger partial charge is 0.227 e. The Bertz CT molecular complexity index is 708. The van der Waals surface area contributed by atoms with Crippen molar-refractivity contribution in [1.29, 1.82) is 0 Å². The van der Waals surface area contributed by atoms with Gasteiger partial charge in [-0.05, 0) is 25.2 Å². The van der Waals surface area contributed by atoms with Crippen molar-refractivity contribution in [2.45, 2.75) is 58.9 Å². The summed E-state index contributed by atoms with van der Waals surface area (Å²) in [5.41, 5.74) is 2.12. The fourth-order valence-electron chi connectivity index (χ4n) is 3.46. The standard InChI is InChI=1S/C20H27N3O2/c1-13-7-9-16(10-8-13)20-22-19(25-23-20)12-11-18(24)21-17-6-4-5-14(2)15(17)3/h7-10,14-15,17H,4-6,11-12H2,1-3H3,(H,21,24)/t14-,15-,17-/m1/s1. The average molecular weight is 341 g/mol. The molecule has 3 atom stereocenters. The second-order valence-corrected chi connectivity index (χ2v) is 7.32. The van der Waals surface area contributed by atoms with Gasteiger partial charge < -0.3 is 9.84 Å². The molecule has 25 heavy (non-hydrogen) atoms. The molecule has 1 aliphatic carbocycles. The lowest BCUT2D eigenvalue weighted by atomic mass is 9.78. The van der Waals surface area contributed by atoms with Crippen molar-refractivity contribution < 1.29 is 9.32 Å². The third kappa shape index (κ3) is 4.47. The van der Waals surface area contributed by atoms with Crippen molar-refractivity contribution in [2.75, 3.05) is 0 Å². The van der Waals surface area contributed by atoms with E-state index in [0.717, 1.165) is 12.0 Å². The molecule has 1 amide bonds. The van der Waals surface area contributed by atoms with Gasteiger partial charge in [0.15, 0.2) is 0 Å². The van der Waals surface area contributed by atoms with E-state index in [1.807, 2.05) is 31.2 Å². The maximum absolute atomic E-state index is 12.3. The highest BCUT2D eigenvalue weighted by Gasteiger charge is 2.28. The molecule has 1 aromatic heterocycles. The van der Waals surface area contributed by atoms with Gasteiger partial charge in [0, 0.05) is 24.4 Å². The fourth-order valence-corrected chi connectivity index (χ4v) is 3.46. The second-order valence-electron chi connectivity index (χ2n) is 7.32. The van der Waals surface area contributed by atoms with Crippen molar-refractivity contribution in [3.05, 3.63) is 35.7 Å². The van der Waals surface area contributed by atoms with Crippen LogP contribution >= 0.6 is 0 Å². The fraction of sp³-hybridized carbons (Fsp3) is 0.550. The predicted octanol–water partition coefficient (Wildman–Crippen LogP) is 3.92. The van der Waals surface area contributed by atoms with Crippen LogP contribution in [0.25, 0.3) is 11.4 Å². The van der Waals surface area contributed by atoms with Crippen LogP contribution in [0.3, 0.4) is 0 Å². The lowest BCUT2D eigenvalue weighted by Crippen LogP contribution is -2.43. The number of hydrogen-bond donors (Lipinski definition) is 1. The van der Waals surface area contributed by atoms with Crippen LogP contribution in [0.1, 0.15) is 51.0 Å². The van der Waals surface area contributed by atoms with Crippen LogP contribution in [0.4, 0.5) is 0 Å². The largest absolute Gasteiger partial charge is 0.353 e. The molecule has 1 heterocycles. The topological polar surface area (TPSA) is 68.0 Å². The molecule has 1 aliphatic rings. The zero-order chi connectivity index (χ0) is 17.8. The van der Waals surface area contributed by atoms with Gasteiger partial charge in [0.25, 0.3) is 0 Å².